The molecule has 1 aromatic carbocycles. The summed E-state index contributed by atoms with van der Waals surface area (Å²) in [5.74, 6) is -0.258. The fraction of sp³-hybridized carbons (Fsp3) is 0.576. The van der Waals surface area contributed by atoms with Gasteiger partial charge in [-0.1, -0.05) is 57.2 Å². The Hall–Kier alpha value is -2.58. The third-order valence-corrected chi connectivity index (χ3v) is 7.68. The van der Waals surface area contributed by atoms with Gasteiger partial charge in [0, 0.05) is 50.3 Å². The summed E-state index contributed by atoms with van der Waals surface area (Å²) >= 11 is 0. The van der Waals surface area contributed by atoms with Gasteiger partial charge in [0.2, 0.25) is 0 Å². The molecule has 7 atom stereocenters. The zero-order valence-corrected chi connectivity index (χ0v) is 24.7. The van der Waals surface area contributed by atoms with Crippen LogP contribution < -0.4 is 4.57 Å². The van der Waals surface area contributed by atoms with E-state index in [1.165, 1.54) is 6.92 Å². The molecule has 40 heavy (non-hydrogen) atoms. The third-order valence-electron chi connectivity index (χ3n) is 7.68. The molecule has 7 nitrogen and oxygen atoms in total. The lowest BCUT2D eigenvalue weighted by molar-refractivity contribution is -0.671. The number of rotatable bonds is 11. The van der Waals surface area contributed by atoms with Gasteiger partial charge < -0.3 is 23.7 Å². The lowest BCUT2D eigenvalue weighted by Gasteiger charge is -2.40. The highest BCUT2D eigenvalue weighted by molar-refractivity contribution is 5.69. The van der Waals surface area contributed by atoms with E-state index in [1.807, 2.05) is 30.9 Å². The van der Waals surface area contributed by atoms with Crippen molar-refractivity contribution in [2.75, 3.05) is 0 Å². The van der Waals surface area contributed by atoms with Crippen LogP contribution in [0.5, 0.6) is 0 Å². The summed E-state index contributed by atoms with van der Waals surface area (Å²) in [6, 6.07) is 12.5. The lowest BCUT2D eigenvalue weighted by Crippen LogP contribution is -2.42. The van der Waals surface area contributed by atoms with E-state index in [1.54, 1.807) is 0 Å². The van der Waals surface area contributed by atoms with E-state index in [4.69, 9.17) is 23.7 Å². The summed E-state index contributed by atoms with van der Waals surface area (Å²) in [7, 11) is 2.01. The van der Waals surface area contributed by atoms with Gasteiger partial charge in [0.25, 0.3) is 0 Å². The van der Waals surface area contributed by atoms with Crippen LogP contribution in [0.25, 0.3) is 12.2 Å². The smallest absolute Gasteiger partial charge is 0.302 e. The van der Waals surface area contributed by atoms with Crippen LogP contribution in [0.2, 0.25) is 0 Å². The second kappa shape index (κ2) is 14.9. The molecule has 2 aliphatic heterocycles. The van der Waals surface area contributed by atoms with Crippen LogP contribution in [0, 0.1) is 0 Å². The van der Waals surface area contributed by atoms with E-state index in [0.717, 1.165) is 55.2 Å². The highest BCUT2D eigenvalue weighted by Crippen LogP contribution is 2.36. The van der Waals surface area contributed by atoms with Crippen LogP contribution in [0.15, 0.2) is 48.8 Å². The quantitative estimate of drug-likeness (QED) is 0.241. The zero-order valence-electron chi connectivity index (χ0n) is 24.7. The first kappa shape index (κ1) is 30.4. The Bertz CT molecular complexity index is 1070. The van der Waals surface area contributed by atoms with Gasteiger partial charge in [0.1, 0.15) is 13.2 Å². The van der Waals surface area contributed by atoms with E-state index < -0.39 is 6.29 Å². The molecule has 0 saturated carbocycles. The van der Waals surface area contributed by atoms with Crippen molar-refractivity contribution in [3.8, 4) is 0 Å². The van der Waals surface area contributed by atoms with Crippen LogP contribution in [0.4, 0.5) is 0 Å². The minimum Gasteiger partial charge on any atom is -0.462 e. The third kappa shape index (κ3) is 8.96. The highest BCUT2D eigenvalue weighted by atomic mass is 16.7. The van der Waals surface area contributed by atoms with Gasteiger partial charge >= 0.3 is 5.97 Å². The maximum atomic E-state index is 11.7. The zero-order chi connectivity index (χ0) is 28.5. The van der Waals surface area contributed by atoms with Gasteiger partial charge in [-0.15, -0.1) is 0 Å². The molecule has 2 fully saturated rings. The van der Waals surface area contributed by atoms with Crippen LogP contribution in [0.1, 0.15) is 95.6 Å². The van der Waals surface area contributed by atoms with Gasteiger partial charge in [-0.25, -0.2) is 4.57 Å². The fourth-order valence-electron chi connectivity index (χ4n) is 5.42. The summed E-state index contributed by atoms with van der Waals surface area (Å²) in [5.41, 5.74) is 3.23. The number of ether oxygens (including phenoxy) is 5. The molecule has 3 heterocycles. The first-order valence-corrected chi connectivity index (χ1v) is 14.9. The summed E-state index contributed by atoms with van der Waals surface area (Å²) in [4.78, 5) is 11.7. The largest absolute Gasteiger partial charge is 0.462 e. The molecule has 0 N–H and O–H groups in total. The molecule has 4 rings (SSSR count). The predicted octanol–water partition coefficient (Wildman–Crippen LogP) is 6.30. The average Bonchev–Trinajstić information content (AvgIpc) is 2.96. The second-order valence-electron chi connectivity index (χ2n) is 11.0. The van der Waals surface area contributed by atoms with E-state index in [0.29, 0.717) is 6.42 Å². The number of esters is 1. The van der Waals surface area contributed by atoms with Crippen molar-refractivity contribution in [2.45, 2.75) is 116 Å². The second-order valence-corrected chi connectivity index (χ2v) is 11.0. The van der Waals surface area contributed by atoms with Crippen molar-refractivity contribution < 1.29 is 33.0 Å². The van der Waals surface area contributed by atoms with Gasteiger partial charge in [-0.05, 0) is 30.4 Å². The van der Waals surface area contributed by atoms with Crippen LogP contribution >= 0.6 is 0 Å². The Morgan fingerprint density at radius 1 is 0.875 bits per heavy atom. The van der Waals surface area contributed by atoms with E-state index >= 15 is 0 Å². The highest BCUT2D eigenvalue weighted by Gasteiger charge is 2.37. The topological polar surface area (TPSA) is 67.1 Å². The summed E-state index contributed by atoms with van der Waals surface area (Å²) < 4.78 is 32.9. The molecule has 7 heteroatoms. The summed E-state index contributed by atoms with van der Waals surface area (Å²) in [6.45, 7) is 7.75. The molecular weight excluding hydrogens is 506 g/mol. The van der Waals surface area contributed by atoms with Gasteiger partial charge in [0.15, 0.2) is 25.0 Å². The molecule has 0 amide bonds. The van der Waals surface area contributed by atoms with Crippen molar-refractivity contribution in [3.05, 3.63) is 65.5 Å². The molecule has 2 aliphatic rings. The molecule has 0 aliphatic carbocycles. The molecule has 0 spiro atoms. The predicted molar refractivity (Wildman–Crippen MR) is 154 cm³/mol. The number of nitrogens with zero attached hydrogens (tertiary/aromatic N) is 1. The van der Waals surface area contributed by atoms with E-state index in [9.17, 15) is 4.79 Å². The first-order chi connectivity index (χ1) is 19.3. The minimum atomic E-state index is -0.491. The Kier molecular flexibility index (Phi) is 11.3. The fourth-order valence-corrected chi connectivity index (χ4v) is 5.42. The number of hydrogen-bond donors (Lipinski definition) is 0. The number of carbonyl (C=O) groups is 1. The van der Waals surface area contributed by atoms with Crippen LogP contribution in [-0.2, 0) is 35.5 Å². The van der Waals surface area contributed by atoms with Gasteiger partial charge in [-0.2, -0.15) is 0 Å². The number of pyridine rings is 1. The van der Waals surface area contributed by atoms with Crippen molar-refractivity contribution >= 4 is 18.1 Å². The SMILES string of the molecule is CCC(CC1CC(CC2CC(CC)OC(CC)O2)OC(c2ccc(/C=C/c3cc[n+](C)cc3)cc2)O1)OC(C)=O. The number of carbonyl (C=O) groups excluding carboxylic acids is 1. The van der Waals surface area contributed by atoms with E-state index in [-0.39, 0.29) is 42.8 Å². The molecule has 7 unspecified atom stereocenters. The molecule has 218 valence electrons. The van der Waals surface area contributed by atoms with Crippen molar-refractivity contribution in [3.63, 3.8) is 0 Å². The maximum Gasteiger partial charge on any atom is 0.302 e. The lowest BCUT2D eigenvalue weighted by atomic mass is 9.95. The maximum absolute atomic E-state index is 11.7. The van der Waals surface area contributed by atoms with Crippen LogP contribution in [0.3, 0.4) is 0 Å². The summed E-state index contributed by atoms with van der Waals surface area (Å²) in [5, 5.41) is 0. The molecule has 2 saturated heterocycles. The average molecular weight is 553 g/mol. The molecule has 0 radical (unpaired) electrons. The summed E-state index contributed by atoms with van der Waals surface area (Å²) in [6.07, 6.45) is 13.2. The van der Waals surface area contributed by atoms with Crippen molar-refractivity contribution in [1.29, 1.82) is 0 Å². The molecular formula is C33H46NO6+. The van der Waals surface area contributed by atoms with Crippen LogP contribution in [-0.4, -0.2) is 42.8 Å². The van der Waals surface area contributed by atoms with Crippen molar-refractivity contribution in [1.82, 2.24) is 0 Å². The Balaban J connectivity index is 1.47. The number of aryl methyl sites for hydroxylation is 1. The monoisotopic (exact) mass is 552 g/mol. The van der Waals surface area contributed by atoms with E-state index in [2.05, 4.69) is 62.4 Å². The standard InChI is InChI=1S/C33H46NO6/c1-6-27(36-23(4)35)19-30-22-31(21-29-20-28(7-2)37-32(8-3)38-29)40-33(39-30)26-13-11-24(12-14-26)9-10-25-15-17-34(5)18-16-25/h9-18,27-33H,6-8,19-22H2,1-5H3/q+1/b10-9+. The number of hydrogen-bond acceptors (Lipinski definition) is 6. The molecule has 1 aromatic heterocycles. The molecule has 0 bridgehead atoms. The minimum absolute atomic E-state index is 0.0318. The van der Waals surface area contributed by atoms with Crippen molar-refractivity contribution in [2.24, 2.45) is 7.05 Å². The molecule has 2 aromatic rings. The Morgan fingerprint density at radius 3 is 2.10 bits per heavy atom. The Labute approximate surface area is 239 Å². The number of benzene rings is 1. The first-order valence-electron chi connectivity index (χ1n) is 14.9. The van der Waals surface area contributed by atoms with Gasteiger partial charge in [-0.3, -0.25) is 4.79 Å². The van der Waals surface area contributed by atoms with Gasteiger partial charge in [0.05, 0.1) is 24.4 Å². The number of aromatic nitrogens is 1. The normalized spacial score (nSPS) is 27.9. The Morgan fingerprint density at radius 2 is 1.48 bits per heavy atom.